The van der Waals surface area contributed by atoms with E-state index in [1.165, 1.54) is 44.6 Å². The van der Waals surface area contributed by atoms with Crippen LogP contribution in [0.2, 0.25) is 0 Å². The maximum absolute atomic E-state index is 4.77. The summed E-state index contributed by atoms with van der Waals surface area (Å²) in [4.78, 5) is 2.59. The Morgan fingerprint density at radius 2 is 1.89 bits per heavy atom. The molecule has 3 nitrogen and oxygen atoms in total. The Hall–Kier alpha value is -0.830. The number of aryl methyl sites for hydroxylation is 1. The first-order chi connectivity index (χ1) is 8.91. The Morgan fingerprint density at radius 1 is 1.26 bits per heavy atom. The molecule has 2 heterocycles. The molecule has 0 N–H and O–H groups in total. The van der Waals surface area contributed by atoms with E-state index in [0.717, 1.165) is 5.69 Å². The van der Waals surface area contributed by atoms with Crippen LogP contribution in [0.4, 0.5) is 0 Å². The highest BCUT2D eigenvalue weighted by molar-refractivity contribution is 5.18. The van der Waals surface area contributed by atoms with E-state index in [9.17, 15) is 0 Å². The number of rotatable bonds is 3. The minimum atomic E-state index is 0.182. The second-order valence-corrected chi connectivity index (χ2v) is 6.94. The lowest BCUT2D eigenvalue weighted by Crippen LogP contribution is -2.36. The standard InChI is InChI=1S/C16H29N3/c1-6-9-18-10-7-14(8-11-18)19-15(16(3,4)5)12-13(2)17-19/h12,14H,6-11H2,1-5H3. The lowest BCUT2D eigenvalue weighted by atomic mass is 9.91. The predicted molar refractivity (Wildman–Crippen MR) is 80.7 cm³/mol. The zero-order chi connectivity index (χ0) is 14.0. The van der Waals surface area contributed by atoms with Crippen molar-refractivity contribution in [1.82, 2.24) is 14.7 Å². The summed E-state index contributed by atoms with van der Waals surface area (Å²) in [6.07, 6.45) is 3.74. The fraction of sp³-hybridized carbons (Fsp3) is 0.812. The molecule has 0 amide bonds. The lowest BCUT2D eigenvalue weighted by Gasteiger charge is -2.34. The van der Waals surface area contributed by atoms with Crippen molar-refractivity contribution in [3.63, 3.8) is 0 Å². The fourth-order valence-electron chi connectivity index (χ4n) is 3.06. The van der Waals surface area contributed by atoms with Gasteiger partial charge in [-0.15, -0.1) is 0 Å². The van der Waals surface area contributed by atoms with E-state index in [1.807, 2.05) is 0 Å². The molecule has 1 saturated heterocycles. The van der Waals surface area contributed by atoms with Gasteiger partial charge in [0, 0.05) is 24.2 Å². The van der Waals surface area contributed by atoms with Crippen LogP contribution in [-0.4, -0.2) is 34.3 Å². The van der Waals surface area contributed by atoms with E-state index in [2.05, 4.69) is 50.3 Å². The van der Waals surface area contributed by atoms with Crippen LogP contribution in [0.15, 0.2) is 6.07 Å². The van der Waals surface area contributed by atoms with Crippen molar-refractivity contribution in [3.8, 4) is 0 Å². The Bertz CT molecular complexity index is 406. The van der Waals surface area contributed by atoms with Gasteiger partial charge in [0.05, 0.1) is 11.7 Å². The average Bonchev–Trinajstić information content (AvgIpc) is 2.73. The Morgan fingerprint density at radius 3 is 2.42 bits per heavy atom. The van der Waals surface area contributed by atoms with Gasteiger partial charge in [0.2, 0.25) is 0 Å². The first-order valence-corrected chi connectivity index (χ1v) is 7.71. The molecule has 0 bridgehead atoms. The van der Waals surface area contributed by atoms with Crippen molar-refractivity contribution in [2.45, 2.75) is 65.3 Å². The van der Waals surface area contributed by atoms with Gasteiger partial charge in [-0.2, -0.15) is 5.10 Å². The van der Waals surface area contributed by atoms with Crippen molar-refractivity contribution >= 4 is 0 Å². The third kappa shape index (κ3) is 3.38. The highest BCUT2D eigenvalue weighted by atomic mass is 15.3. The molecule has 19 heavy (non-hydrogen) atoms. The summed E-state index contributed by atoms with van der Waals surface area (Å²) in [6.45, 7) is 14.9. The lowest BCUT2D eigenvalue weighted by molar-refractivity contribution is 0.176. The molecule has 0 saturated carbocycles. The highest BCUT2D eigenvalue weighted by Crippen LogP contribution is 2.30. The second-order valence-electron chi connectivity index (χ2n) is 6.94. The third-order valence-electron chi connectivity index (χ3n) is 4.07. The minimum absolute atomic E-state index is 0.182. The van der Waals surface area contributed by atoms with Gasteiger partial charge in [0.1, 0.15) is 0 Å². The van der Waals surface area contributed by atoms with Crippen LogP contribution in [0, 0.1) is 6.92 Å². The smallest absolute Gasteiger partial charge is 0.0596 e. The molecule has 0 aliphatic carbocycles. The monoisotopic (exact) mass is 263 g/mol. The predicted octanol–water partition coefficient (Wildman–Crippen LogP) is 3.54. The van der Waals surface area contributed by atoms with Gasteiger partial charge in [-0.25, -0.2) is 0 Å². The van der Waals surface area contributed by atoms with Crippen LogP contribution >= 0.6 is 0 Å². The molecule has 3 heteroatoms. The van der Waals surface area contributed by atoms with Gasteiger partial charge in [-0.05, 0) is 38.8 Å². The van der Waals surface area contributed by atoms with Gasteiger partial charge >= 0.3 is 0 Å². The van der Waals surface area contributed by atoms with Crippen molar-refractivity contribution in [2.24, 2.45) is 0 Å². The van der Waals surface area contributed by atoms with E-state index in [0.29, 0.717) is 6.04 Å². The summed E-state index contributed by atoms with van der Waals surface area (Å²) in [5.74, 6) is 0. The Labute approximate surface area is 118 Å². The largest absolute Gasteiger partial charge is 0.303 e. The molecule has 1 aromatic rings. The molecular formula is C16H29N3. The second kappa shape index (κ2) is 5.66. The summed E-state index contributed by atoms with van der Waals surface area (Å²) < 4.78 is 2.32. The number of nitrogens with zero attached hydrogens (tertiary/aromatic N) is 3. The Balaban J connectivity index is 2.11. The van der Waals surface area contributed by atoms with Crippen LogP contribution in [0.3, 0.4) is 0 Å². The molecule has 0 unspecified atom stereocenters. The topological polar surface area (TPSA) is 21.1 Å². The number of piperidine rings is 1. The zero-order valence-corrected chi connectivity index (χ0v) is 13.2. The van der Waals surface area contributed by atoms with E-state index >= 15 is 0 Å². The van der Waals surface area contributed by atoms with Gasteiger partial charge in [-0.3, -0.25) is 4.68 Å². The molecule has 1 aromatic heterocycles. The molecule has 0 atom stereocenters. The summed E-state index contributed by atoms with van der Waals surface area (Å²) in [6, 6.07) is 2.86. The number of hydrogen-bond donors (Lipinski definition) is 0. The fourth-order valence-corrected chi connectivity index (χ4v) is 3.06. The van der Waals surface area contributed by atoms with E-state index in [4.69, 9.17) is 5.10 Å². The van der Waals surface area contributed by atoms with Crippen molar-refractivity contribution in [3.05, 3.63) is 17.5 Å². The van der Waals surface area contributed by atoms with Gasteiger partial charge in [-0.1, -0.05) is 27.7 Å². The maximum Gasteiger partial charge on any atom is 0.0596 e. The third-order valence-corrected chi connectivity index (χ3v) is 4.07. The van der Waals surface area contributed by atoms with Crippen LogP contribution in [0.1, 0.15) is 64.4 Å². The zero-order valence-electron chi connectivity index (χ0n) is 13.2. The van der Waals surface area contributed by atoms with Gasteiger partial charge in [0.25, 0.3) is 0 Å². The quantitative estimate of drug-likeness (QED) is 0.832. The molecule has 0 spiro atoms. The first-order valence-electron chi connectivity index (χ1n) is 7.71. The molecule has 1 aliphatic heterocycles. The summed E-state index contributed by atoms with van der Waals surface area (Å²) in [5, 5.41) is 4.77. The molecule has 108 valence electrons. The molecule has 0 radical (unpaired) electrons. The molecule has 1 fully saturated rings. The van der Waals surface area contributed by atoms with E-state index < -0.39 is 0 Å². The molecule has 0 aromatic carbocycles. The van der Waals surface area contributed by atoms with Crippen LogP contribution in [0.25, 0.3) is 0 Å². The van der Waals surface area contributed by atoms with Crippen molar-refractivity contribution < 1.29 is 0 Å². The minimum Gasteiger partial charge on any atom is -0.303 e. The molecule has 1 aliphatic rings. The number of hydrogen-bond acceptors (Lipinski definition) is 2. The summed E-state index contributed by atoms with van der Waals surface area (Å²) in [7, 11) is 0. The van der Waals surface area contributed by atoms with Crippen molar-refractivity contribution in [2.75, 3.05) is 19.6 Å². The summed E-state index contributed by atoms with van der Waals surface area (Å²) >= 11 is 0. The highest BCUT2D eigenvalue weighted by Gasteiger charge is 2.27. The van der Waals surface area contributed by atoms with Crippen LogP contribution in [-0.2, 0) is 5.41 Å². The maximum atomic E-state index is 4.77. The average molecular weight is 263 g/mol. The van der Waals surface area contributed by atoms with Crippen LogP contribution in [0.5, 0.6) is 0 Å². The van der Waals surface area contributed by atoms with E-state index in [-0.39, 0.29) is 5.41 Å². The van der Waals surface area contributed by atoms with Gasteiger partial charge in [0.15, 0.2) is 0 Å². The molecular weight excluding hydrogens is 234 g/mol. The molecule has 2 rings (SSSR count). The van der Waals surface area contributed by atoms with Crippen LogP contribution < -0.4 is 0 Å². The van der Waals surface area contributed by atoms with Crippen molar-refractivity contribution in [1.29, 1.82) is 0 Å². The Kier molecular flexibility index (Phi) is 4.34. The summed E-state index contributed by atoms with van der Waals surface area (Å²) in [5.41, 5.74) is 2.72. The van der Waals surface area contributed by atoms with E-state index in [1.54, 1.807) is 0 Å². The number of likely N-dealkylation sites (tertiary alicyclic amines) is 1. The first kappa shape index (κ1) is 14.6. The normalized spacial score (nSPS) is 19.0. The number of aromatic nitrogens is 2. The SMILES string of the molecule is CCCN1CCC(n2nc(C)cc2C(C)(C)C)CC1. The van der Waals surface area contributed by atoms with Gasteiger partial charge < -0.3 is 4.90 Å².